The summed E-state index contributed by atoms with van der Waals surface area (Å²) in [6, 6.07) is 0. The molecule has 0 spiro atoms. The SMILES string of the molecule is CSC1(CNCCCC(C)(C)C(N)=NO)CCCCC1. The predicted molar refractivity (Wildman–Crippen MR) is 88.6 cm³/mol. The fourth-order valence-corrected chi connectivity index (χ4v) is 3.83. The van der Waals surface area contributed by atoms with Gasteiger partial charge < -0.3 is 16.3 Å². The molecule has 1 saturated carbocycles. The summed E-state index contributed by atoms with van der Waals surface area (Å²) in [6.07, 6.45) is 11.1. The third-order valence-electron chi connectivity index (χ3n) is 4.60. The van der Waals surface area contributed by atoms with Crippen LogP contribution in [0.5, 0.6) is 0 Å². The highest BCUT2D eigenvalue weighted by atomic mass is 32.2. The molecule has 1 aliphatic rings. The Hall–Kier alpha value is -0.420. The molecule has 0 bridgehead atoms. The number of hydrogen-bond donors (Lipinski definition) is 3. The van der Waals surface area contributed by atoms with Crippen LogP contribution in [0.1, 0.15) is 58.8 Å². The van der Waals surface area contributed by atoms with Crippen LogP contribution >= 0.6 is 11.8 Å². The fourth-order valence-electron chi connectivity index (χ4n) is 2.88. The van der Waals surface area contributed by atoms with Crippen molar-refractivity contribution in [3.05, 3.63) is 0 Å². The van der Waals surface area contributed by atoms with Gasteiger partial charge >= 0.3 is 0 Å². The van der Waals surface area contributed by atoms with E-state index < -0.39 is 0 Å². The Morgan fingerprint density at radius 3 is 2.55 bits per heavy atom. The van der Waals surface area contributed by atoms with E-state index in [2.05, 4.69) is 16.7 Å². The summed E-state index contributed by atoms with van der Waals surface area (Å²) in [4.78, 5) is 0. The largest absolute Gasteiger partial charge is 0.409 e. The number of nitrogens with zero attached hydrogens (tertiary/aromatic N) is 1. The Bertz CT molecular complexity index is 312. The third kappa shape index (κ3) is 5.17. The van der Waals surface area contributed by atoms with Crippen molar-refractivity contribution in [2.45, 2.75) is 63.5 Å². The van der Waals surface area contributed by atoms with Crippen LogP contribution < -0.4 is 11.1 Å². The van der Waals surface area contributed by atoms with Crippen molar-refractivity contribution >= 4 is 17.6 Å². The number of rotatable bonds is 8. The van der Waals surface area contributed by atoms with Crippen LogP contribution in [0.2, 0.25) is 0 Å². The average molecular weight is 302 g/mol. The molecule has 1 aliphatic carbocycles. The van der Waals surface area contributed by atoms with Crippen LogP contribution in [0, 0.1) is 5.41 Å². The van der Waals surface area contributed by atoms with Crippen LogP contribution in [0.3, 0.4) is 0 Å². The Morgan fingerprint density at radius 1 is 1.35 bits per heavy atom. The van der Waals surface area contributed by atoms with Crippen LogP contribution in [0.25, 0.3) is 0 Å². The lowest BCUT2D eigenvalue weighted by Gasteiger charge is -2.36. The lowest BCUT2D eigenvalue weighted by atomic mass is 9.86. The van der Waals surface area contributed by atoms with Gasteiger partial charge in [0.25, 0.3) is 0 Å². The lowest BCUT2D eigenvalue weighted by Crippen LogP contribution is -2.40. The molecule has 4 N–H and O–H groups in total. The molecule has 0 atom stereocenters. The van der Waals surface area contributed by atoms with E-state index in [9.17, 15) is 0 Å². The first-order valence-electron chi connectivity index (χ1n) is 7.70. The lowest BCUT2D eigenvalue weighted by molar-refractivity contribution is 0.304. The van der Waals surface area contributed by atoms with Gasteiger partial charge in [0.1, 0.15) is 5.84 Å². The van der Waals surface area contributed by atoms with E-state index in [-0.39, 0.29) is 5.41 Å². The molecule has 0 heterocycles. The average Bonchev–Trinajstić information content (AvgIpc) is 2.46. The van der Waals surface area contributed by atoms with Gasteiger partial charge in [-0.05, 0) is 38.5 Å². The number of amidine groups is 1. The van der Waals surface area contributed by atoms with E-state index in [1.807, 2.05) is 25.6 Å². The topological polar surface area (TPSA) is 70.6 Å². The number of hydrogen-bond acceptors (Lipinski definition) is 4. The molecule has 1 rings (SSSR count). The second-order valence-electron chi connectivity index (χ2n) is 6.60. The number of thioether (sulfide) groups is 1. The van der Waals surface area contributed by atoms with Crippen molar-refractivity contribution < 1.29 is 5.21 Å². The van der Waals surface area contributed by atoms with Gasteiger partial charge in [0.2, 0.25) is 0 Å². The van der Waals surface area contributed by atoms with E-state index in [0.717, 1.165) is 25.9 Å². The fraction of sp³-hybridized carbons (Fsp3) is 0.933. The van der Waals surface area contributed by atoms with Crippen molar-refractivity contribution in [3.63, 3.8) is 0 Å². The smallest absolute Gasteiger partial charge is 0.144 e. The van der Waals surface area contributed by atoms with Gasteiger partial charge in [-0.2, -0.15) is 11.8 Å². The molecule has 0 unspecified atom stereocenters. The molecule has 0 aliphatic heterocycles. The zero-order valence-electron chi connectivity index (χ0n) is 13.2. The zero-order valence-corrected chi connectivity index (χ0v) is 14.1. The minimum atomic E-state index is -0.224. The van der Waals surface area contributed by atoms with Crippen LogP contribution in [-0.2, 0) is 0 Å². The van der Waals surface area contributed by atoms with Gasteiger partial charge in [-0.15, -0.1) is 0 Å². The van der Waals surface area contributed by atoms with Crippen LogP contribution in [0.15, 0.2) is 5.16 Å². The molecule has 0 aromatic carbocycles. The van der Waals surface area contributed by atoms with Gasteiger partial charge in [0.05, 0.1) is 0 Å². The summed E-state index contributed by atoms with van der Waals surface area (Å²) in [5.74, 6) is 0.324. The van der Waals surface area contributed by atoms with E-state index in [0.29, 0.717) is 10.6 Å². The highest BCUT2D eigenvalue weighted by molar-refractivity contribution is 8.00. The van der Waals surface area contributed by atoms with Crippen LogP contribution in [-0.4, -0.2) is 35.1 Å². The first kappa shape index (κ1) is 17.6. The zero-order chi connectivity index (χ0) is 15.1. The molecular formula is C15H31N3OS. The maximum atomic E-state index is 8.75. The Labute approximate surface area is 127 Å². The Kier molecular flexibility index (Phi) is 7.17. The molecule has 0 saturated heterocycles. The first-order chi connectivity index (χ1) is 9.46. The van der Waals surface area contributed by atoms with Crippen LogP contribution in [0.4, 0.5) is 0 Å². The summed E-state index contributed by atoms with van der Waals surface area (Å²) >= 11 is 2.03. The second kappa shape index (κ2) is 8.13. The van der Waals surface area contributed by atoms with Crippen molar-refractivity contribution in [2.24, 2.45) is 16.3 Å². The standard InChI is InChI=1S/C15H31N3OS/c1-14(2,13(16)18-19)8-7-11-17-12-15(20-3)9-5-4-6-10-15/h17,19H,4-12H2,1-3H3,(H2,16,18). The van der Waals surface area contributed by atoms with Crippen molar-refractivity contribution in [3.8, 4) is 0 Å². The Morgan fingerprint density at radius 2 is 2.00 bits per heavy atom. The van der Waals surface area contributed by atoms with Gasteiger partial charge in [0.15, 0.2) is 0 Å². The molecule has 4 nitrogen and oxygen atoms in total. The van der Waals surface area contributed by atoms with Crippen molar-refractivity contribution in [1.82, 2.24) is 5.32 Å². The molecule has 118 valence electrons. The summed E-state index contributed by atoms with van der Waals surface area (Å²) < 4.78 is 0.458. The normalized spacial score (nSPS) is 20.1. The first-order valence-corrected chi connectivity index (χ1v) is 8.92. The van der Waals surface area contributed by atoms with Gasteiger partial charge in [-0.25, -0.2) is 0 Å². The Balaban J connectivity index is 2.24. The van der Waals surface area contributed by atoms with E-state index in [1.165, 1.54) is 32.1 Å². The minimum absolute atomic E-state index is 0.224. The number of nitrogens with two attached hydrogens (primary N) is 1. The summed E-state index contributed by atoms with van der Waals surface area (Å²) in [5, 5.41) is 15.5. The van der Waals surface area contributed by atoms with Crippen molar-refractivity contribution in [1.29, 1.82) is 0 Å². The molecule has 0 aromatic heterocycles. The molecule has 5 heteroatoms. The van der Waals surface area contributed by atoms with Crippen molar-refractivity contribution in [2.75, 3.05) is 19.3 Å². The third-order valence-corrected chi connectivity index (χ3v) is 6.02. The monoisotopic (exact) mass is 301 g/mol. The predicted octanol–water partition coefficient (Wildman–Crippen LogP) is 3.19. The summed E-state index contributed by atoms with van der Waals surface area (Å²) in [5.41, 5.74) is 5.48. The van der Waals surface area contributed by atoms with Gasteiger partial charge in [-0.3, -0.25) is 0 Å². The summed E-state index contributed by atoms with van der Waals surface area (Å²) in [6.45, 7) is 6.15. The number of nitrogens with one attached hydrogen (secondary N) is 1. The molecule has 20 heavy (non-hydrogen) atoms. The molecule has 1 fully saturated rings. The minimum Gasteiger partial charge on any atom is -0.409 e. The van der Waals surface area contributed by atoms with Gasteiger partial charge in [0, 0.05) is 16.7 Å². The number of oxime groups is 1. The molecular weight excluding hydrogens is 270 g/mol. The summed E-state index contributed by atoms with van der Waals surface area (Å²) in [7, 11) is 0. The maximum absolute atomic E-state index is 8.75. The van der Waals surface area contributed by atoms with E-state index in [1.54, 1.807) is 0 Å². The second-order valence-corrected chi connectivity index (χ2v) is 7.87. The molecule has 0 radical (unpaired) electrons. The maximum Gasteiger partial charge on any atom is 0.144 e. The highest BCUT2D eigenvalue weighted by Gasteiger charge is 2.30. The van der Waals surface area contributed by atoms with E-state index in [4.69, 9.17) is 10.9 Å². The molecule has 0 aromatic rings. The highest BCUT2D eigenvalue weighted by Crippen LogP contribution is 2.37. The molecule has 0 amide bonds. The van der Waals surface area contributed by atoms with E-state index >= 15 is 0 Å². The van der Waals surface area contributed by atoms with Gasteiger partial charge in [-0.1, -0.05) is 38.3 Å². The quantitative estimate of drug-likeness (QED) is 0.212.